The maximum Gasteiger partial charge on any atom is 0.283 e. The Hall–Kier alpha value is -1.59. The van der Waals surface area contributed by atoms with Crippen LogP contribution in [0.5, 0.6) is 0 Å². The summed E-state index contributed by atoms with van der Waals surface area (Å²) in [6.07, 6.45) is 1.53. The SMILES string of the molecule is O=C(N/N=C/c1ccc(Cl)cc1)c1sc2cc(Cl)ccc2c1Cl. The van der Waals surface area contributed by atoms with Crippen molar-refractivity contribution in [3.05, 3.63) is 68.0 Å². The number of fused-ring (bicyclic) bond motifs is 1. The number of nitrogens with zero attached hydrogens (tertiary/aromatic N) is 1. The number of halogens is 3. The van der Waals surface area contributed by atoms with Crippen LogP contribution in [0.2, 0.25) is 15.1 Å². The molecule has 0 aliphatic rings. The lowest BCUT2D eigenvalue weighted by molar-refractivity contribution is 0.0959. The fraction of sp³-hybridized carbons (Fsp3) is 0. The molecular weight excluding hydrogens is 375 g/mol. The van der Waals surface area contributed by atoms with Crippen molar-refractivity contribution in [1.29, 1.82) is 0 Å². The van der Waals surface area contributed by atoms with Crippen LogP contribution in [-0.2, 0) is 0 Å². The molecule has 1 heterocycles. The highest BCUT2D eigenvalue weighted by Crippen LogP contribution is 2.36. The molecule has 3 nitrogen and oxygen atoms in total. The van der Waals surface area contributed by atoms with E-state index in [4.69, 9.17) is 34.8 Å². The highest BCUT2D eigenvalue weighted by atomic mass is 35.5. The zero-order valence-corrected chi connectivity index (χ0v) is 14.6. The summed E-state index contributed by atoms with van der Waals surface area (Å²) in [7, 11) is 0. The number of nitrogens with one attached hydrogen (secondary N) is 1. The van der Waals surface area contributed by atoms with Gasteiger partial charge in [-0.15, -0.1) is 11.3 Å². The monoisotopic (exact) mass is 382 g/mol. The van der Waals surface area contributed by atoms with Crippen molar-refractivity contribution < 1.29 is 4.79 Å². The summed E-state index contributed by atoms with van der Waals surface area (Å²) < 4.78 is 0.856. The van der Waals surface area contributed by atoms with E-state index >= 15 is 0 Å². The summed E-state index contributed by atoms with van der Waals surface area (Å²) in [5, 5.41) is 6.37. The van der Waals surface area contributed by atoms with Gasteiger partial charge in [0.25, 0.3) is 5.91 Å². The van der Waals surface area contributed by atoms with Crippen molar-refractivity contribution in [3.63, 3.8) is 0 Å². The number of amides is 1. The van der Waals surface area contributed by atoms with Crippen molar-refractivity contribution in [3.8, 4) is 0 Å². The Morgan fingerprint density at radius 3 is 2.48 bits per heavy atom. The highest BCUT2D eigenvalue weighted by Gasteiger charge is 2.16. The first-order chi connectivity index (χ1) is 11.0. The van der Waals surface area contributed by atoms with Crippen LogP contribution in [-0.4, -0.2) is 12.1 Å². The molecule has 7 heteroatoms. The second kappa shape index (κ2) is 6.89. The number of thiophene rings is 1. The molecule has 1 N–H and O–H groups in total. The highest BCUT2D eigenvalue weighted by molar-refractivity contribution is 7.21. The summed E-state index contributed by atoms with van der Waals surface area (Å²) in [5.74, 6) is -0.363. The first kappa shape index (κ1) is 16.3. The summed E-state index contributed by atoms with van der Waals surface area (Å²) in [6, 6.07) is 12.4. The van der Waals surface area contributed by atoms with Crippen molar-refractivity contribution in [1.82, 2.24) is 5.43 Å². The molecule has 0 unspecified atom stereocenters. The van der Waals surface area contributed by atoms with Crippen LogP contribution in [0.25, 0.3) is 10.1 Å². The molecule has 0 aliphatic heterocycles. The standard InChI is InChI=1S/C16H9Cl3N2OS/c17-10-3-1-9(2-4-10)8-20-21-16(22)15-14(19)12-6-5-11(18)7-13(12)23-15/h1-8H,(H,21,22)/b20-8+. The Labute approximate surface area is 151 Å². The van der Waals surface area contributed by atoms with Gasteiger partial charge in [0.05, 0.1) is 11.2 Å². The van der Waals surface area contributed by atoms with Crippen LogP contribution >= 0.6 is 46.1 Å². The smallest absolute Gasteiger partial charge is 0.266 e. The molecule has 23 heavy (non-hydrogen) atoms. The molecule has 3 aromatic rings. The van der Waals surface area contributed by atoms with Crippen LogP contribution in [0.3, 0.4) is 0 Å². The zero-order chi connectivity index (χ0) is 16.4. The quantitative estimate of drug-likeness (QED) is 0.462. The number of hydrogen-bond acceptors (Lipinski definition) is 3. The van der Waals surface area contributed by atoms with Crippen molar-refractivity contribution >= 4 is 68.3 Å². The summed E-state index contributed by atoms with van der Waals surface area (Å²) in [4.78, 5) is 12.6. The number of hydrogen-bond donors (Lipinski definition) is 1. The van der Waals surface area contributed by atoms with Gasteiger partial charge in [-0.3, -0.25) is 4.79 Å². The first-order valence-electron chi connectivity index (χ1n) is 6.51. The van der Waals surface area contributed by atoms with Gasteiger partial charge in [-0.05, 0) is 29.8 Å². The van der Waals surface area contributed by atoms with E-state index in [2.05, 4.69) is 10.5 Å². The third-order valence-corrected chi connectivity index (χ3v) is 5.19. The predicted octanol–water partition coefficient (Wildman–Crippen LogP) is 5.63. The second-order valence-corrected chi connectivity index (χ2v) is 6.94. The van der Waals surface area contributed by atoms with E-state index in [9.17, 15) is 4.79 Å². The molecule has 0 fully saturated rings. The molecule has 0 saturated heterocycles. The lowest BCUT2D eigenvalue weighted by Crippen LogP contribution is -2.16. The average Bonchev–Trinajstić information content (AvgIpc) is 2.85. The second-order valence-electron chi connectivity index (χ2n) is 4.64. The molecular formula is C16H9Cl3N2OS. The minimum absolute atomic E-state index is 0.363. The van der Waals surface area contributed by atoms with Gasteiger partial charge in [-0.2, -0.15) is 5.10 Å². The number of carbonyl (C=O) groups is 1. The molecule has 0 spiro atoms. The van der Waals surface area contributed by atoms with Gasteiger partial charge in [-0.25, -0.2) is 5.43 Å². The van der Waals surface area contributed by atoms with Gasteiger partial charge in [0.15, 0.2) is 0 Å². The summed E-state index contributed by atoms with van der Waals surface area (Å²) in [6.45, 7) is 0. The molecule has 1 aromatic heterocycles. The summed E-state index contributed by atoms with van der Waals surface area (Å²) >= 11 is 19.3. The molecule has 0 aliphatic carbocycles. The fourth-order valence-corrected chi connectivity index (χ4v) is 3.76. The minimum atomic E-state index is -0.363. The predicted molar refractivity (Wildman–Crippen MR) is 98.4 cm³/mol. The van der Waals surface area contributed by atoms with E-state index in [-0.39, 0.29) is 5.91 Å². The number of carbonyl (C=O) groups excluding carboxylic acids is 1. The maximum absolute atomic E-state index is 12.2. The minimum Gasteiger partial charge on any atom is -0.266 e. The van der Waals surface area contributed by atoms with E-state index in [1.54, 1.807) is 42.5 Å². The molecule has 1 amide bonds. The number of rotatable bonds is 3. The van der Waals surface area contributed by atoms with Crippen LogP contribution in [0, 0.1) is 0 Å². The van der Waals surface area contributed by atoms with E-state index in [1.165, 1.54) is 17.6 Å². The van der Waals surface area contributed by atoms with Gasteiger partial charge in [0.2, 0.25) is 0 Å². The van der Waals surface area contributed by atoms with Gasteiger partial charge in [0, 0.05) is 20.1 Å². The van der Waals surface area contributed by atoms with Crippen molar-refractivity contribution in [2.24, 2.45) is 5.10 Å². The molecule has 0 bridgehead atoms. The molecule has 0 atom stereocenters. The van der Waals surface area contributed by atoms with E-state index in [1.807, 2.05) is 0 Å². The summed E-state index contributed by atoms with van der Waals surface area (Å²) in [5.41, 5.74) is 3.29. The maximum atomic E-state index is 12.2. The van der Waals surface area contributed by atoms with E-state index in [0.717, 1.165) is 15.6 Å². The topological polar surface area (TPSA) is 41.5 Å². The van der Waals surface area contributed by atoms with Crippen LogP contribution in [0.4, 0.5) is 0 Å². The molecule has 3 rings (SSSR count). The largest absolute Gasteiger partial charge is 0.283 e. The van der Waals surface area contributed by atoms with Gasteiger partial charge in [0.1, 0.15) is 4.88 Å². The molecule has 0 saturated carbocycles. The lowest BCUT2D eigenvalue weighted by atomic mass is 10.2. The van der Waals surface area contributed by atoms with Crippen molar-refractivity contribution in [2.75, 3.05) is 0 Å². The first-order valence-corrected chi connectivity index (χ1v) is 8.46. The molecule has 2 aromatic carbocycles. The molecule has 0 radical (unpaired) electrons. The van der Waals surface area contributed by atoms with Gasteiger partial charge in [-0.1, -0.05) is 53.0 Å². The third-order valence-electron chi connectivity index (χ3n) is 3.05. The van der Waals surface area contributed by atoms with E-state index in [0.29, 0.717) is 19.9 Å². The fourth-order valence-electron chi connectivity index (χ4n) is 1.95. The lowest BCUT2D eigenvalue weighted by Gasteiger charge is -1.97. The number of hydrazone groups is 1. The van der Waals surface area contributed by atoms with Crippen LogP contribution < -0.4 is 5.43 Å². The average molecular weight is 384 g/mol. The zero-order valence-electron chi connectivity index (χ0n) is 11.5. The van der Waals surface area contributed by atoms with Crippen LogP contribution in [0.15, 0.2) is 47.6 Å². The van der Waals surface area contributed by atoms with Gasteiger partial charge >= 0.3 is 0 Å². The number of benzene rings is 2. The Morgan fingerprint density at radius 2 is 1.74 bits per heavy atom. The molecule has 116 valence electrons. The van der Waals surface area contributed by atoms with Crippen LogP contribution in [0.1, 0.15) is 15.2 Å². The Balaban J connectivity index is 1.78. The third kappa shape index (κ3) is 3.67. The Morgan fingerprint density at radius 1 is 1.04 bits per heavy atom. The van der Waals surface area contributed by atoms with Gasteiger partial charge < -0.3 is 0 Å². The van der Waals surface area contributed by atoms with E-state index < -0.39 is 0 Å². The Kier molecular flexibility index (Phi) is 4.87. The normalized spacial score (nSPS) is 11.3. The van der Waals surface area contributed by atoms with Crippen molar-refractivity contribution in [2.45, 2.75) is 0 Å². The Bertz CT molecular complexity index is 904.